The van der Waals surface area contributed by atoms with E-state index in [4.69, 9.17) is 0 Å². The van der Waals surface area contributed by atoms with E-state index in [9.17, 15) is 0 Å². The molecule has 0 atom stereocenters. The first kappa shape index (κ1) is 18.6. The highest BCUT2D eigenvalue weighted by molar-refractivity contribution is 7.17. The molecule has 0 amide bonds. The highest BCUT2D eigenvalue weighted by Gasteiger charge is 2.13. The molecule has 2 aromatic heterocycles. The average Bonchev–Trinajstić information content (AvgIpc) is 3.18. The number of hydrogen-bond donors (Lipinski definition) is 1. The predicted octanol–water partition coefficient (Wildman–Crippen LogP) is 7.01. The van der Waals surface area contributed by atoms with Crippen LogP contribution >= 0.6 is 11.3 Å². The van der Waals surface area contributed by atoms with Crippen LogP contribution in [0.3, 0.4) is 0 Å². The first-order chi connectivity index (χ1) is 13.8. The van der Waals surface area contributed by atoms with Crippen molar-refractivity contribution in [1.29, 1.82) is 0 Å². The molecule has 4 heteroatoms. The van der Waals surface area contributed by atoms with Crippen molar-refractivity contribution in [1.82, 2.24) is 9.97 Å². The Morgan fingerprint density at radius 3 is 2.36 bits per heavy atom. The molecule has 4 aromatic rings. The number of aryl methyl sites for hydroxylation is 2. The van der Waals surface area contributed by atoms with Crippen LogP contribution in [-0.2, 0) is 12.8 Å². The highest BCUT2D eigenvalue weighted by atomic mass is 32.1. The third-order valence-corrected chi connectivity index (χ3v) is 5.97. The molecule has 2 heterocycles. The Bertz CT molecular complexity index is 1050. The lowest BCUT2D eigenvalue weighted by Crippen LogP contribution is -1.96. The van der Waals surface area contributed by atoms with Gasteiger partial charge in [0.1, 0.15) is 17.0 Å². The second-order valence-corrected chi connectivity index (χ2v) is 7.89. The number of nitrogens with zero attached hydrogens (tertiary/aromatic N) is 2. The van der Waals surface area contributed by atoms with Gasteiger partial charge in [0.05, 0.1) is 5.39 Å². The average molecular weight is 388 g/mol. The minimum atomic E-state index is 0.863. The maximum absolute atomic E-state index is 4.55. The van der Waals surface area contributed by atoms with Crippen LogP contribution in [0, 0.1) is 0 Å². The fourth-order valence-electron chi connectivity index (χ4n) is 3.37. The van der Waals surface area contributed by atoms with E-state index in [1.165, 1.54) is 35.1 Å². The number of hydrogen-bond acceptors (Lipinski definition) is 4. The van der Waals surface area contributed by atoms with Crippen LogP contribution in [0.15, 0.2) is 60.2 Å². The van der Waals surface area contributed by atoms with Gasteiger partial charge in [-0.25, -0.2) is 9.97 Å². The van der Waals surface area contributed by atoms with E-state index in [2.05, 4.69) is 83.0 Å². The monoisotopic (exact) mass is 387 g/mol. The van der Waals surface area contributed by atoms with Gasteiger partial charge in [0.25, 0.3) is 0 Å². The van der Waals surface area contributed by atoms with Gasteiger partial charge >= 0.3 is 0 Å². The van der Waals surface area contributed by atoms with Gasteiger partial charge in [-0.15, -0.1) is 11.3 Å². The first-order valence-corrected chi connectivity index (χ1v) is 10.8. The number of anilines is 2. The number of unbranched alkanes of at least 4 members (excludes halogenated alkanes) is 1. The lowest BCUT2D eigenvalue weighted by molar-refractivity contribution is 0.795. The van der Waals surface area contributed by atoms with Gasteiger partial charge < -0.3 is 5.32 Å². The zero-order valence-corrected chi connectivity index (χ0v) is 17.2. The maximum atomic E-state index is 4.55. The third-order valence-electron chi connectivity index (χ3n) is 5.08. The van der Waals surface area contributed by atoms with E-state index in [0.29, 0.717) is 0 Å². The van der Waals surface area contributed by atoms with Crippen molar-refractivity contribution in [2.24, 2.45) is 0 Å². The Morgan fingerprint density at radius 1 is 0.893 bits per heavy atom. The maximum Gasteiger partial charge on any atom is 0.143 e. The molecule has 3 nitrogen and oxygen atoms in total. The second kappa shape index (κ2) is 8.53. The number of fused-ring (bicyclic) bond motifs is 1. The smallest absolute Gasteiger partial charge is 0.143 e. The molecule has 0 saturated heterocycles. The van der Waals surface area contributed by atoms with E-state index in [-0.39, 0.29) is 0 Å². The summed E-state index contributed by atoms with van der Waals surface area (Å²) in [6.45, 7) is 4.41. The van der Waals surface area contributed by atoms with Crippen LogP contribution in [0.5, 0.6) is 0 Å². The lowest BCUT2D eigenvalue weighted by Gasteiger charge is -2.10. The van der Waals surface area contributed by atoms with Gasteiger partial charge in [0, 0.05) is 16.6 Å². The molecule has 1 N–H and O–H groups in total. The van der Waals surface area contributed by atoms with E-state index in [0.717, 1.165) is 34.6 Å². The molecule has 0 aliphatic carbocycles. The van der Waals surface area contributed by atoms with E-state index in [1.54, 1.807) is 17.7 Å². The molecule has 4 rings (SSSR count). The van der Waals surface area contributed by atoms with Crippen molar-refractivity contribution in [3.63, 3.8) is 0 Å². The summed E-state index contributed by atoms with van der Waals surface area (Å²) in [6, 6.07) is 17.5. The summed E-state index contributed by atoms with van der Waals surface area (Å²) in [6.07, 6.45) is 6.28. The molecule has 28 heavy (non-hydrogen) atoms. The molecule has 0 saturated carbocycles. The van der Waals surface area contributed by atoms with Gasteiger partial charge in [-0.1, -0.05) is 56.7 Å². The molecule has 0 radical (unpaired) electrons. The van der Waals surface area contributed by atoms with Crippen molar-refractivity contribution < 1.29 is 0 Å². The molecule has 0 fully saturated rings. The number of nitrogens with one attached hydrogen (secondary N) is 1. The summed E-state index contributed by atoms with van der Waals surface area (Å²) < 4.78 is 0. The summed E-state index contributed by atoms with van der Waals surface area (Å²) in [5.41, 5.74) is 6.17. The number of rotatable bonds is 7. The van der Waals surface area contributed by atoms with Crippen LogP contribution < -0.4 is 5.32 Å². The SMILES string of the molecule is CCCCc1ccc(Nc2ncnc3scc(-c4ccc(CC)cc4)c23)cc1. The Morgan fingerprint density at radius 2 is 1.64 bits per heavy atom. The molecule has 142 valence electrons. The predicted molar refractivity (Wildman–Crippen MR) is 121 cm³/mol. The van der Waals surface area contributed by atoms with Gasteiger partial charge in [-0.3, -0.25) is 0 Å². The van der Waals surface area contributed by atoms with Crippen LogP contribution in [0.1, 0.15) is 37.8 Å². The zero-order valence-electron chi connectivity index (χ0n) is 16.4. The molecular formula is C24H25N3S. The number of benzene rings is 2. The molecule has 0 bridgehead atoms. The van der Waals surface area contributed by atoms with Crippen molar-refractivity contribution in [2.75, 3.05) is 5.32 Å². The molecule has 0 unspecified atom stereocenters. The Kier molecular flexibility index (Phi) is 5.68. The summed E-state index contributed by atoms with van der Waals surface area (Å²) >= 11 is 1.66. The highest BCUT2D eigenvalue weighted by Crippen LogP contribution is 2.37. The van der Waals surface area contributed by atoms with E-state index in [1.807, 2.05) is 0 Å². The van der Waals surface area contributed by atoms with Crippen LogP contribution in [-0.4, -0.2) is 9.97 Å². The van der Waals surface area contributed by atoms with Gasteiger partial charge in [0.15, 0.2) is 0 Å². The van der Waals surface area contributed by atoms with Gasteiger partial charge in [-0.05, 0) is 48.1 Å². The van der Waals surface area contributed by atoms with E-state index < -0.39 is 0 Å². The normalized spacial score (nSPS) is 11.1. The molecule has 0 spiro atoms. The molecule has 0 aliphatic heterocycles. The Balaban J connectivity index is 1.66. The largest absolute Gasteiger partial charge is 0.340 e. The van der Waals surface area contributed by atoms with E-state index >= 15 is 0 Å². The molecular weight excluding hydrogens is 362 g/mol. The topological polar surface area (TPSA) is 37.8 Å². The zero-order chi connectivity index (χ0) is 19.3. The molecule has 0 aliphatic rings. The van der Waals surface area contributed by atoms with Crippen molar-refractivity contribution in [3.8, 4) is 11.1 Å². The van der Waals surface area contributed by atoms with Crippen LogP contribution in [0.4, 0.5) is 11.5 Å². The van der Waals surface area contributed by atoms with Gasteiger partial charge in [-0.2, -0.15) is 0 Å². The minimum Gasteiger partial charge on any atom is -0.340 e. The van der Waals surface area contributed by atoms with Crippen molar-refractivity contribution >= 4 is 33.1 Å². The second-order valence-electron chi connectivity index (χ2n) is 7.03. The fraction of sp³-hybridized carbons (Fsp3) is 0.250. The quantitative estimate of drug-likeness (QED) is 0.371. The standard InChI is InChI=1S/C24H25N3S/c1-3-5-6-18-9-13-20(14-10-18)27-23-22-21(15-28-24(22)26-16-25-23)19-11-7-17(4-2)8-12-19/h7-16H,3-6H2,1-2H3,(H,25,26,27). The van der Waals surface area contributed by atoms with Gasteiger partial charge in [0.2, 0.25) is 0 Å². The molecule has 2 aromatic carbocycles. The van der Waals surface area contributed by atoms with Crippen molar-refractivity contribution in [3.05, 3.63) is 71.4 Å². The summed E-state index contributed by atoms with van der Waals surface area (Å²) in [4.78, 5) is 10.0. The number of aromatic nitrogens is 2. The Hall–Kier alpha value is -2.72. The van der Waals surface area contributed by atoms with Crippen LogP contribution in [0.2, 0.25) is 0 Å². The Labute approximate surface area is 170 Å². The first-order valence-electron chi connectivity index (χ1n) is 9.96. The van der Waals surface area contributed by atoms with Crippen molar-refractivity contribution in [2.45, 2.75) is 39.5 Å². The minimum absolute atomic E-state index is 0.863. The fourth-order valence-corrected chi connectivity index (χ4v) is 4.29. The lowest BCUT2D eigenvalue weighted by atomic mass is 10.0. The summed E-state index contributed by atoms with van der Waals surface area (Å²) in [5.74, 6) is 0.863. The summed E-state index contributed by atoms with van der Waals surface area (Å²) in [5, 5.41) is 6.77. The number of thiophene rings is 1. The van der Waals surface area contributed by atoms with Crippen LogP contribution in [0.25, 0.3) is 21.3 Å². The third kappa shape index (κ3) is 3.92. The summed E-state index contributed by atoms with van der Waals surface area (Å²) in [7, 11) is 0.